The van der Waals surface area contributed by atoms with Crippen molar-refractivity contribution in [3.63, 3.8) is 0 Å². The zero-order chi connectivity index (χ0) is 22.9. The number of hydrogen-bond acceptors (Lipinski definition) is 5. The Morgan fingerprint density at radius 3 is 2.66 bits per heavy atom. The van der Waals surface area contributed by atoms with Gasteiger partial charge in [-0.2, -0.15) is 0 Å². The van der Waals surface area contributed by atoms with E-state index in [9.17, 15) is 9.18 Å². The third-order valence-electron chi connectivity index (χ3n) is 5.38. The summed E-state index contributed by atoms with van der Waals surface area (Å²) in [5, 5.41) is 15.9. The summed E-state index contributed by atoms with van der Waals surface area (Å²) in [5.74, 6) is -0.520. The number of carboxylic acid groups (broad SMARTS) is 1. The Labute approximate surface area is 187 Å². The topological polar surface area (TPSA) is 100 Å². The fraction of sp³-hybridized carbons (Fsp3) is 0.280. The number of pyridine rings is 1. The van der Waals surface area contributed by atoms with Gasteiger partial charge in [0.1, 0.15) is 11.6 Å². The number of nitrogen functional groups attached to an aromatic ring is 1. The van der Waals surface area contributed by atoms with Gasteiger partial charge < -0.3 is 21.5 Å². The van der Waals surface area contributed by atoms with Gasteiger partial charge in [0.25, 0.3) is 0 Å². The molecule has 168 valence electrons. The van der Waals surface area contributed by atoms with Crippen LogP contribution >= 0.6 is 0 Å². The molecule has 2 aromatic carbocycles. The van der Waals surface area contributed by atoms with E-state index in [0.29, 0.717) is 25.3 Å². The third kappa shape index (κ3) is 6.78. The highest BCUT2D eigenvalue weighted by Gasteiger charge is 2.15. The van der Waals surface area contributed by atoms with Crippen LogP contribution in [0.2, 0.25) is 0 Å². The Morgan fingerprint density at radius 1 is 1.12 bits per heavy atom. The molecular formula is C25H29FN4O2. The number of carbonyl (C=O) groups is 1. The van der Waals surface area contributed by atoms with Crippen LogP contribution in [0.4, 0.5) is 15.9 Å². The zero-order valence-corrected chi connectivity index (χ0v) is 18.1. The molecule has 5 N–H and O–H groups in total. The van der Waals surface area contributed by atoms with Crippen LogP contribution in [0.25, 0.3) is 0 Å². The lowest BCUT2D eigenvalue weighted by atomic mass is 9.96. The van der Waals surface area contributed by atoms with Crippen molar-refractivity contribution >= 4 is 17.5 Å². The number of aromatic nitrogens is 1. The summed E-state index contributed by atoms with van der Waals surface area (Å²) in [6, 6.07) is 17.9. The highest BCUT2D eigenvalue weighted by molar-refractivity contribution is 5.70. The van der Waals surface area contributed by atoms with Crippen LogP contribution in [0.5, 0.6) is 0 Å². The Bertz CT molecular complexity index is 1040. The van der Waals surface area contributed by atoms with E-state index in [0.717, 1.165) is 22.4 Å². The predicted molar refractivity (Wildman–Crippen MR) is 125 cm³/mol. The normalized spacial score (nSPS) is 12.8. The third-order valence-corrected chi connectivity index (χ3v) is 5.38. The molecule has 0 radical (unpaired) electrons. The van der Waals surface area contributed by atoms with E-state index in [4.69, 9.17) is 10.8 Å². The van der Waals surface area contributed by atoms with Gasteiger partial charge in [0.15, 0.2) is 0 Å². The Hall–Kier alpha value is -3.45. The van der Waals surface area contributed by atoms with Crippen molar-refractivity contribution in [2.45, 2.75) is 31.7 Å². The van der Waals surface area contributed by atoms with Gasteiger partial charge in [0.05, 0.1) is 12.1 Å². The van der Waals surface area contributed by atoms with Gasteiger partial charge in [-0.3, -0.25) is 4.79 Å². The number of anilines is 2. The molecule has 6 nitrogen and oxygen atoms in total. The Kier molecular flexibility index (Phi) is 8.16. The predicted octanol–water partition coefficient (Wildman–Crippen LogP) is 4.37. The fourth-order valence-corrected chi connectivity index (χ4v) is 3.65. The summed E-state index contributed by atoms with van der Waals surface area (Å²) < 4.78 is 13.9. The molecular weight excluding hydrogens is 407 g/mol. The van der Waals surface area contributed by atoms with Crippen molar-refractivity contribution in [3.05, 3.63) is 89.4 Å². The summed E-state index contributed by atoms with van der Waals surface area (Å²) >= 11 is 0. The number of carboxylic acids is 1. The number of nitrogens with one attached hydrogen (secondary N) is 2. The first-order chi connectivity index (χ1) is 15.4. The van der Waals surface area contributed by atoms with Gasteiger partial charge >= 0.3 is 5.97 Å². The molecule has 1 aromatic heterocycles. The smallest absolute Gasteiger partial charge is 0.307 e. The number of aliphatic carboxylic acids is 1. The minimum atomic E-state index is -0.846. The first-order valence-electron chi connectivity index (χ1n) is 10.7. The fourth-order valence-electron chi connectivity index (χ4n) is 3.65. The van der Waals surface area contributed by atoms with E-state index < -0.39 is 5.97 Å². The monoisotopic (exact) mass is 436 g/mol. The highest BCUT2D eigenvalue weighted by Crippen LogP contribution is 2.22. The minimum absolute atomic E-state index is 0.00303. The number of hydrogen-bond donors (Lipinski definition) is 4. The van der Waals surface area contributed by atoms with E-state index in [1.807, 2.05) is 42.5 Å². The van der Waals surface area contributed by atoms with E-state index in [-0.39, 0.29) is 24.2 Å². The molecule has 0 bridgehead atoms. The lowest BCUT2D eigenvalue weighted by Gasteiger charge is -2.23. The van der Waals surface area contributed by atoms with E-state index >= 15 is 0 Å². The molecule has 32 heavy (non-hydrogen) atoms. The zero-order valence-electron chi connectivity index (χ0n) is 18.1. The van der Waals surface area contributed by atoms with Gasteiger partial charge in [-0.15, -0.1) is 0 Å². The molecule has 0 aliphatic carbocycles. The largest absolute Gasteiger partial charge is 0.481 e. The van der Waals surface area contributed by atoms with Gasteiger partial charge in [0, 0.05) is 25.3 Å². The first kappa shape index (κ1) is 23.2. The maximum Gasteiger partial charge on any atom is 0.307 e. The first-order valence-corrected chi connectivity index (χ1v) is 10.7. The van der Waals surface area contributed by atoms with E-state index in [1.165, 1.54) is 6.07 Å². The average molecular weight is 437 g/mol. The van der Waals surface area contributed by atoms with Crippen LogP contribution in [-0.4, -0.2) is 29.1 Å². The molecule has 0 saturated carbocycles. The highest BCUT2D eigenvalue weighted by atomic mass is 19.1. The summed E-state index contributed by atoms with van der Waals surface area (Å²) in [4.78, 5) is 15.1. The van der Waals surface area contributed by atoms with Crippen molar-refractivity contribution in [2.24, 2.45) is 0 Å². The molecule has 2 atom stereocenters. The van der Waals surface area contributed by atoms with Gasteiger partial charge in [0.2, 0.25) is 0 Å². The molecule has 3 rings (SSSR count). The van der Waals surface area contributed by atoms with Crippen molar-refractivity contribution in [2.75, 3.05) is 24.1 Å². The van der Waals surface area contributed by atoms with Crippen LogP contribution in [0.1, 0.15) is 42.0 Å². The Morgan fingerprint density at radius 2 is 1.91 bits per heavy atom. The number of nitrogens with zero attached hydrogens (tertiary/aromatic N) is 1. The number of nitrogens with two attached hydrogens (primary N) is 1. The average Bonchev–Trinajstić information content (AvgIpc) is 2.77. The molecule has 0 aliphatic heterocycles. The van der Waals surface area contributed by atoms with Crippen molar-refractivity contribution in [3.8, 4) is 0 Å². The van der Waals surface area contributed by atoms with Crippen molar-refractivity contribution in [1.29, 1.82) is 0 Å². The number of benzene rings is 2. The number of rotatable bonds is 11. The summed E-state index contributed by atoms with van der Waals surface area (Å²) in [6.45, 7) is 3.38. The molecule has 1 heterocycles. The maximum atomic E-state index is 13.9. The lowest BCUT2D eigenvalue weighted by molar-refractivity contribution is -0.136. The molecule has 3 aromatic rings. The van der Waals surface area contributed by atoms with Crippen LogP contribution in [0.15, 0.2) is 66.9 Å². The molecule has 0 aliphatic rings. The van der Waals surface area contributed by atoms with Gasteiger partial charge in [-0.1, -0.05) is 43.3 Å². The summed E-state index contributed by atoms with van der Waals surface area (Å²) in [6.07, 6.45) is 2.36. The SMILES string of the molecule is CC(CNC(CCNc1cccnc1N)c1cccc(F)c1)c1cccc(CC(=O)O)c1. The van der Waals surface area contributed by atoms with Crippen LogP contribution < -0.4 is 16.4 Å². The summed E-state index contributed by atoms with van der Waals surface area (Å²) in [7, 11) is 0. The standard InChI is InChI=1S/C25H29FN4O2/c1-17(19-6-2-5-18(13-19)14-24(31)32)16-30-22(20-7-3-8-21(26)15-20)10-12-28-23-9-4-11-29-25(23)27/h2-9,11,13,15,17,22,28,30H,10,12,14,16H2,1H3,(H2,27,29)(H,31,32). The van der Waals surface area contributed by atoms with Gasteiger partial charge in [-0.05, 0) is 53.3 Å². The van der Waals surface area contributed by atoms with E-state index in [1.54, 1.807) is 18.3 Å². The van der Waals surface area contributed by atoms with Crippen molar-refractivity contribution < 1.29 is 14.3 Å². The summed E-state index contributed by atoms with van der Waals surface area (Å²) in [5.41, 5.74) is 9.39. The maximum absolute atomic E-state index is 13.9. The molecule has 2 unspecified atom stereocenters. The second kappa shape index (κ2) is 11.2. The second-order valence-electron chi connectivity index (χ2n) is 7.88. The molecule has 0 amide bonds. The molecule has 7 heteroatoms. The van der Waals surface area contributed by atoms with Crippen LogP contribution in [-0.2, 0) is 11.2 Å². The van der Waals surface area contributed by atoms with E-state index in [2.05, 4.69) is 22.5 Å². The molecule has 0 spiro atoms. The van der Waals surface area contributed by atoms with Crippen LogP contribution in [0.3, 0.4) is 0 Å². The second-order valence-corrected chi connectivity index (χ2v) is 7.88. The Balaban J connectivity index is 1.66. The van der Waals surface area contributed by atoms with Crippen molar-refractivity contribution in [1.82, 2.24) is 10.3 Å². The molecule has 0 fully saturated rings. The minimum Gasteiger partial charge on any atom is -0.481 e. The number of halogens is 1. The molecule has 0 saturated heterocycles. The van der Waals surface area contributed by atoms with Crippen LogP contribution in [0, 0.1) is 5.82 Å². The quantitative estimate of drug-likeness (QED) is 0.356. The lowest BCUT2D eigenvalue weighted by Crippen LogP contribution is -2.27. The van der Waals surface area contributed by atoms with Gasteiger partial charge in [-0.25, -0.2) is 9.37 Å².